The third-order valence-corrected chi connectivity index (χ3v) is 3.46. The highest BCUT2D eigenvalue weighted by molar-refractivity contribution is 6.32. The summed E-state index contributed by atoms with van der Waals surface area (Å²) in [7, 11) is 0. The number of nitrogens with zero attached hydrogens (tertiary/aromatic N) is 2. The molecule has 2 aromatic carbocycles. The van der Waals surface area contributed by atoms with Crippen molar-refractivity contribution >= 4 is 29.4 Å². The highest BCUT2D eigenvalue weighted by Crippen LogP contribution is 2.38. The summed E-state index contributed by atoms with van der Waals surface area (Å²) in [5.41, 5.74) is -0.470. The first-order chi connectivity index (χ1) is 12.1. The fourth-order valence-electron chi connectivity index (χ4n) is 1.94. The smallest absolute Gasteiger partial charge is 0.417 e. The number of non-ortho nitro benzene ring substituents is 1. The first-order valence-corrected chi connectivity index (χ1v) is 7.15. The molecule has 7 nitrogen and oxygen atoms in total. The van der Waals surface area contributed by atoms with Crippen LogP contribution in [0.25, 0.3) is 0 Å². The molecule has 0 spiro atoms. The zero-order chi connectivity index (χ0) is 19.5. The van der Waals surface area contributed by atoms with Gasteiger partial charge < -0.3 is 5.11 Å². The Balaban J connectivity index is 2.26. The number of amides is 1. The number of benzene rings is 2. The highest BCUT2D eigenvalue weighted by Gasteiger charge is 2.34. The molecule has 0 saturated heterocycles. The predicted molar refractivity (Wildman–Crippen MR) is 86.3 cm³/mol. The molecule has 0 bridgehead atoms. The molecule has 0 heterocycles. The second-order valence-electron chi connectivity index (χ2n) is 4.86. The third kappa shape index (κ3) is 4.28. The quantitative estimate of drug-likeness (QED) is 0.473. The van der Waals surface area contributed by atoms with Gasteiger partial charge in [0, 0.05) is 17.7 Å². The van der Waals surface area contributed by atoms with E-state index in [9.17, 15) is 33.2 Å². The first-order valence-electron chi connectivity index (χ1n) is 6.77. The number of aromatic hydroxyl groups is 1. The molecule has 0 atom stereocenters. The van der Waals surface area contributed by atoms with Gasteiger partial charge in [-0.2, -0.15) is 18.3 Å². The van der Waals surface area contributed by atoms with Gasteiger partial charge >= 0.3 is 6.18 Å². The van der Waals surface area contributed by atoms with Gasteiger partial charge in [0.2, 0.25) is 0 Å². The molecule has 0 fully saturated rings. The van der Waals surface area contributed by atoms with Crippen LogP contribution in [0.2, 0.25) is 5.02 Å². The lowest BCUT2D eigenvalue weighted by Gasteiger charge is -2.12. The number of nitrogens with one attached hydrogen (secondary N) is 1. The molecule has 0 aliphatic carbocycles. The maximum atomic E-state index is 13.0. The van der Waals surface area contributed by atoms with E-state index in [4.69, 9.17) is 11.6 Å². The standard InChI is InChI=1S/C15H9ClF3N3O4/c16-12-5-4-11(15(17,18)19)10(13(12)23)7-20-21-14(24)8-2-1-3-9(6-8)22(25)26/h1-7,23H,(H,21,24)/b20-7+. The molecule has 0 aliphatic rings. The van der Waals surface area contributed by atoms with E-state index in [-0.39, 0.29) is 16.3 Å². The summed E-state index contributed by atoms with van der Waals surface area (Å²) in [6, 6.07) is 6.20. The zero-order valence-corrected chi connectivity index (χ0v) is 13.4. The lowest BCUT2D eigenvalue weighted by atomic mass is 10.1. The van der Waals surface area contributed by atoms with Crippen molar-refractivity contribution in [2.45, 2.75) is 6.18 Å². The number of alkyl halides is 3. The predicted octanol–water partition coefficient (Wildman–Crippen LogP) is 3.74. The van der Waals surface area contributed by atoms with Crippen LogP contribution in [0.4, 0.5) is 18.9 Å². The van der Waals surface area contributed by atoms with Crippen molar-refractivity contribution in [1.82, 2.24) is 5.43 Å². The molecule has 0 aromatic heterocycles. The fraction of sp³-hybridized carbons (Fsp3) is 0.0667. The fourth-order valence-corrected chi connectivity index (χ4v) is 2.10. The lowest BCUT2D eigenvalue weighted by Crippen LogP contribution is -2.18. The summed E-state index contributed by atoms with van der Waals surface area (Å²) in [6.07, 6.45) is -4.20. The highest BCUT2D eigenvalue weighted by atomic mass is 35.5. The van der Waals surface area contributed by atoms with Gasteiger partial charge in [-0.25, -0.2) is 5.43 Å². The summed E-state index contributed by atoms with van der Waals surface area (Å²) >= 11 is 5.59. The van der Waals surface area contributed by atoms with E-state index in [1.54, 1.807) is 0 Å². The van der Waals surface area contributed by atoms with Crippen LogP contribution in [0, 0.1) is 10.1 Å². The molecule has 0 unspecified atom stereocenters. The number of nitro benzene ring substituents is 1. The average molecular weight is 388 g/mol. The number of halogens is 4. The van der Waals surface area contributed by atoms with Crippen LogP contribution < -0.4 is 5.43 Å². The number of nitro groups is 1. The van der Waals surface area contributed by atoms with Crippen LogP contribution >= 0.6 is 11.6 Å². The van der Waals surface area contributed by atoms with Gasteiger partial charge in [0.15, 0.2) is 0 Å². The molecule has 2 rings (SSSR count). The van der Waals surface area contributed by atoms with Gasteiger partial charge in [-0.3, -0.25) is 14.9 Å². The van der Waals surface area contributed by atoms with Crippen LogP contribution in [0.5, 0.6) is 5.75 Å². The summed E-state index contributed by atoms with van der Waals surface area (Å²) in [5.74, 6) is -1.74. The van der Waals surface area contributed by atoms with Gasteiger partial charge in [-0.15, -0.1) is 0 Å². The number of hydrazone groups is 1. The van der Waals surface area contributed by atoms with Crippen molar-refractivity contribution < 1.29 is 28.0 Å². The van der Waals surface area contributed by atoms with E-state index < -0.39 is 33.9 Å². The van der Waals surface area contributed by atoms with E-state index in [2.05, 4.69) is 5.10 Å². The van der Waals surface area contributed by atoms with Crippen molar-refractivity contribution in [3.8, 4) is 5.75 Å². The van der Waals surface area contributed by atoms with E-state index in [0.29, 0.717) is 12.3 Å². The number of phenolic OH excluding ortho intramolecular Hbond substituents is 1. The Morgan fingerprint density at radius 2 is 2.00 bits per heavy atom. The monoisotopic (exact) mass is 387 g/mol. The summed E-state index contributed by atoms with van der Waals surface area (Å²) in [6.45, 7) is 0. The minimum atomic E-state index is -4.78. The molecule has 11 heteroatoms. The average Bonchev–Trinajstić information content (AvgIpc) is 2.57. The molecule has 0 aliphatic heterocycles. The molecular weight excluding hydrogens is 379 g/mol. The van der Waals surface area contributed by atoms with Gasteiger partial charge in [-0.05, 0) is 18.2 Å². The Morgan fingerprint density at radius 3 is 2.62 bits per heavy atom. The second-order valence-corrected chi connectivity index (χ2v) is 5.27. The van der Waals surface area contributed by atoms with Crippen molar-refractivity contribution in [1.29, 1.82) is 0 Å². The molecule has 2 N–H and O–H groups in total. The van der Waals surface area contributed by atoms with Gasteiger partial charge in [0.05, 0.1) is 27.3 Å². The van der Waals surface area contributed by atoms with Gasteiger partial charge in [0.25, 0.3) is 11.6 Å². The number of phenols is 1. The van der Waals surface area contributed by atoms with Crippen LogP contribution in [-0.4, -0.2) is 22.2 Å². The Morgan fingerprint density at radius 1 is 1.31 bits per heavy atom. The van der Waals surface area contributed by atoms with Crippen LogP contribution in [0.15, 0.2) is 41.5 Å². The number of carbonyl (C=O) groups is 1. The normalized spacial score (nSPS) is 11.5. The third-order valence-electron chi connectivity index (χ3n) is 3.15. The number of hydrogen-bond donors (Lipinski definition) is 2. The molecule has 2 aromatic rings. The van der Waals surface area contributed by atoms with Crippen LogP contribution in [-0.2, 0) is 6.18 Å². The molecule has 0 saturated carbocycles. The minimum Gasteiger partial charge on any atom is -0.506 e. The first kappa shape index (κ1) is 19.2. The number of carbonyl (C=O) groups excluding carboxylic acids is 1. The maximum Gasteiger partial charge on any atom is 0.417 e. The second kappa shape index (κ2) is 7.40. The van der Waals surface area contributed by atoms with E-state index in [0.717, 1.165) is 12.1 Å². The SMILES string of the molecule is O=C(N/N=C/c1c(C(F)(F)F)ccc(Cl)c1O)c1cccc([N+](=O)[O-])c1. The van der Waals surface area contributed by atoms with Crippen molar-refractivity contribution in [2.24, 2.45) is 5.10 Å². The Hall–Kier alpha value is -3.14. The van der Waals surface area contributed by atoms with Crippen LogP contribution in [0.1, 0.15) is 21.5 Å². The molecule has 1 amide bonds. The molecule has 136 valence electrons. The van der Waals surface area contributed by atoms with E-state index in [1.807, 2.05) is 5.43 Å². The number of rotatable bonds is 4. The van der Waals surface area contributed by atoms with E-state index in [1.165, 1.54) is 18.2 Å². The summed E-state index contributed by atoms with van der Waals surface area (Å²) < 4.78 is 38.9. The van der Waals surface area contributed by atoms with Gasteiger partial charge in [-0.1, -0.05) is 17.7 Å². The van der Waals surface area contributed by atoms with Crippen molar-refractivity contribution in [2.75, 3.05) is 0 Å². The Labute approximate surface area is 148 Å². The summed E-state index contributed by atoms with van der Waals surface area (Å²) in [4.78, 5) is 21.8. The number of hydrogen-bond acceptors (Lipinski definition) is 5. The topological polar surface area (TPSA) is 105 Å². The zero-order valence-electron chi connectivity index (χ0n) is 12.6. The molecular formula is C15H9ClF3N3O4. The maximum absolute atomic E-state index is 13.0. The molecule has 0 radical (unpaired) electrons. The van der Waals surface area contributed by atoms with E-state index >= 15 is 0 Å². The van der Waals surface area contributed by atoms with Crippen molar-refractivity contribution in [3.63, 3.8) is 0 Å². The van der Waals surface area contributed by atoms with Crippen LogP contribution in [0.3, 0.4) is 0 Å². The lowest BCUT2D eigenvalue weighted by molar-refractivity contribution is -0.384. The Bertz CT molecular complexity index is 900. The molecule has 26 heavy (non-hydrogen) atoms. The largest absolute Gasteiger partial charge is 0.506 e. The Kier molecular flexibility index (Phi) is 5.46. The minimum absolute atomic E-state index is 0.122. The van der Waals surface area contributed by atoms with Crippen molar-refractivity contribution in [3.05, 3.63) is 68.2 Å². The summed E-state index contributed by atoms with van der Waals surface area (Å²) in [5, 5.41) is 23.4. The van der Waals surface area contributed by atoms with Gasteiger partial charge in [0.1, 0.15) is 5.75 Å².